The highest BCUT2D eigenvalue weighted by Crippen LogP contribution is 2.37. The van der Waals surface area contributed by atoms with Crippen LogP contribution in [0.25, 0.3) is 0 Å². The van der Waals surface area contributed by atoms with Gasteiger partial charge in [0, 0.05) is 49.0 Å². The highest BCUT2D eigenvalue weighted by Gasteiger charge is 2.24. The molecule has 1 heterocycles. The highest BCUT2D eigenvalue weighted by atomic mass is 32.2. The molecule has 0 saturated heterocycles. The number of hydrogen-bond acceptors (Lipinski definition) is 6. The Morgan fingerprint density at radius 1 is 1.44 bits per heavy atom. The number of likely N-dealkylation sites (N-methyl/N-ethyl adjacent to an activating group) is 1. The van der Waals surface area contributed by atoms with E-state index in [0.717, 1.165) is 22.9 Å². The fourth-order valence-electron chi connectivity index (χ4n) is 2.55. The molecule has 0 N–H and O–H groups in total. The SMILES string of the molecule is CCN(CCN1CCSc2ccc([N+](=O)[O-])cc21)C(=O)OC(C)(C)C. The van der Waals surface area contributed by atoms with E-state index in [1.165, 1.54) is 6.07 Å². The van der Waals surface area contributed by atoms with Gasteiger partial charge in [0.1, 0.15) is 5.60 Å². The Kier molecular flexibility index (Phi) is 6.16. The Labute approximate surface area is 152 Å². The molecule has 1 aliphatic heterocycles. The first kappa shape index (κ1) is 19.4. The van der Waals surface area contributed by atoms with Crippen molar-refractivity contribution in [3.8, 4) is 0 Å². The van der Waals surface area contributed by atoms with Gasteiger partial charge in [-0.25, -0.2) is 4.79 Å². The number of thioether (sulfide) groups is 1. The molecule has 0 saturated carbocycles. The normalized spacial score (nSPS) is 14.0. The van der Waals surface area contributed by atoms with E-state index in [0.29, 0.717) is 19.6 Å². The van der Waals surface area contributed by atoms with Crippen LogP contribution in [-0.4, -0.2) is 53.4 Å². The summed E-state index contributed by atoms with van der Waals surface area (Å²) in [5.74, 6) is 0.920. The number of anilines is 1. The van der Waals surface area contributed by atoms with Crippen LogP contribution in [0.3, 0.4) is 0 Å². The number of benzene rings is 1. The Morgan fingerprint density at radius 2 is 2.16 bits per heavy atom. The number of ether oxygens (including phenoxy) is 1. The van der Waals surface area contributed by atoms with Crippen LogP contribution in [0.4, 0.5) is 16.2 Å². The van der Waals surface area contributed by atoms with Crippen molar-refractivity contribution in [2.24, 2.45) is 0 Å². The van der Waals surface area contributed by atoms with Gasteiger partial charge in [0.25, 0.3) is 5.69 Å². The van der Waals surface area contributed by atoms with Crippen LogP contribution in [0.2, 0.25) is 0 Å². The third-order valence-corrected chi connectivity index (χ3v) is 4.83. The molecular formula is C17H25N3O4S. The topological polar surface area (TPSA) is 75.9 Å². The molecule has 25 heavy (non-hydrogen) atoms. The predicted octanol–water partition coefficient (Wildman–Crippen LogP) is 3.76. The molecule has 0 unspecified atom stereocenters. The van der Waals surface area contributed by atoms with Crippen molar-refractivity contribution >= 4 is 29.2 Å². The lowest BCUT2D eigenvalue weighted by molar-refractivity contribution is -0.384. The lowest BCUT2D eigenvalue weighted by Gasteiger charge is -2.33. The van der Waals surface area contributed by atoms with Crippen molar-refractivity contribution in [1.29, 1.82) is 0 Å². The van der Waals surface area contributed by atoms with E-state index < -0.39 is 5.60 Å². The summed E-state index contributed by atoms with van der Waals surface area (Å²) in [6.45, 7) is 9.92. The van der Waals surface area contributed by atoms with E-state index in [9.17, 15) is 14.9 Å². The van der Waals surface area contributed by atoms with Crippen molar-refractivity contribution in [2.45, 2.75) is 38.2 Å². The molecule has 0 bridgehead atoms. The van der Waals surface area contributed by atoms with Gasteiger partial charge in [-0.2, -0.15) is 0 Å². The summed E-state index contributed by atoms with van der Waals surface area (Å²) < 4.78 is 5.43. The van der Waals surface area contributed by atoms with Crippen LogP contribution < -0.4 is 4.90 Å². The number of carbonyl (C=O) groups excluding carboxylic acids is 1. The molecule has 0 aliphatic carbocycles. The van der Waals surface area contributed by atoms with Crippen LogP contribution in [-0.2, 0) is 4.74 Å². The average Bonchev–Trinajstić information content (AvgIpc) is 2.53. The Hall–Kier alpha value is -1.96. The number of non-ortho nitro benzene ring substituents is 1. The second-order valence-corrected chi connectivity index (χ2v) is 7.94. The number of amides is 1. The summed E-state index contributed by atoms with van der Waals surface area (Å²) in [6, 6.07) is 4.95. The maximum atomic E-state index is 12.2. The number of fused-ring (bicyclic) bond motifs is 1. The van der Waals surface area contributed by atoms with Crippen molar-refractivity contribution in [2.75, 3.05) is 36.8 Å². The zero-order valence-electron chi connectivity index (χ0n) is 15.2. The van der Waals surface area contributed by atoms with Crippen molar-refractivity contribution in [3.63, 3.8) is 0 Å². The zero-order valence-corrected chi connectivity index (χ0v) is 16.0. The van der Waals surface area contributed by atoms with E-state index in [4.69, 9.17) is 4.74 Å². The molecule has 0 spiro atoms. The predicted molar refractivity (Wildman–Crippen MR) is 99.5 cm³/mol. The van der Waals surface area contributed by atoms with Crippen LogP contribution in [0, 0.1) is 10.1 Å². The summed E-state index contributed by atoms with van der Waals surface area (Å²) >= 11 is 1.70. The van der Waals surface area contributed by atoms with E-state index in [1.54, 1.807) is 28.8 Å². The molecule has 0 atom stereocenters. The summed E-state index contributed by atoms with van der Waals surface area (Å²) in [5, 5.41) is 11.0. The molecule has 1 aliphatic rings. The van der Waals surface area contributed by atoms with E-state index >= 15 is 0 Å². The zero-order chi connectivity index (χ0) is 18.6. The fourth-order valence-corrected chi connectivity index (χ4v) is 3.59. The van der Waals surface area contributed by atoms with Gasteiger partial charge in [0.15, 0.2) is 0 Å². The van der Waals surface area contributed by atoms with Gasteiger partial charge in [-0.05, 0) is 33.8 Å². The summed E-state index contributed by atoms with van der Waals surface area (Å²) in [5.41, 5.74) is 0.427. The monoisotopic (exact) mass is 367 g/mol. The molecule has 7 nitrogen and oxygen atoms in total. The van der Waals surface area contributed by atoms with Gasteiger partial charge >= 0.3 is 6.09 Å². The quantitative estimate of drug-likeness (QED) is 0.582. The lowest BCUT2D eigenvalue weighted by Crippen LogP contribution is -2.42. The lowest BCUT2D eigenvalue weighted by atomic mass is 10.2. The molecule has 2 rings (SSSR count). The van der Waals surface area contributed by atoms with Gasteiger partial charge in [0.2, 0.25) is 0 Å². The molecule has 1 amide bonds. The smallest absolute Gasteiger partial charge is 0.410 e. The summed E-state index contributed by atoms with van der Waals surface area (Å²) in [6.07, 6.45) is -0.333. The maximum Gasteiger partial charge on any atom is 0.410 e. The number of nitro groups is 1. The second-order valence-electron chi connectivity index (χ2n) is 6.80. The van der Waals surface area contributed by atoms with Crippen molar-refractivity contribution in [3.05, 3.63) is 28.3 Å². The molecule has 8 heteroatoms. The molecule has 0 fully saturated rings. The first-order chi connectivity index (χ1) is 11.7. The van der Waals surface area contributed by atoms with Crippen LogP contribution in [0.15, 0.2) is 23.1 Å². The van der Waals surface area contributed by atoms with E-state index in [1.807, 2.05) is 27.7 Å². The molecule has 1 aromatic rings. The number of nitro benzene ring substituents is 1. The molecule has 138 valence electrons. The standard InChI is InChI=1S/C17H25N3O4S/c1-5-18(16(21)24-17(2,3)4)8-9-19-10-11-25-15-7-6-13(20(22)23)12-14(15)19/h6-7,12H,5,8-11H2,1-4H3. The molecular weight excluding hydrogens is 342 g/mol. The first-order valence-electron chi connectivity index (χ1n) is 8.35. The summed E-state index contributed by atoms with van der Waals surface area (Å²) in [4.78, 5) is 27.7. The van der Waals surface area contributed by atoms with Crippen LogP contribution >= 0.6 is 11.8 Å². The van der Waals surface area contributed by atoms with Crippen LogP contribution in [0.1, 0.15) is 27.7 Å². The summed E-state index contributed by atoms with van der Waals surface area (Å²) in [7, 11) is 0. The minimum atomic E-state index is -0.528. The molecule has 0 aromatic heterocycles. The third-order valence-electron chi connectivity index (χ3n) is 3.79. The van der Waals surface area contributed by atoms with Gasteiger partial charge < -0.3 is 14.5 Å². The van der Waals surface area contributed by atoms with Crippen LogP contribution in [0.5, 0.6) is 0 Å². The van der Waals surface area contributed by atoms with Gasteiger partial charge in [-0.1, -0.05) is 0 Å². The highest BCUT2D eigenvalue weighted by molar-refractivity contribution is 7.99. The van der Waals surface area contributed by atoms with Gasteiger partial charge in [-0.15, -0.1) is 11.8 Å². The first-order valence-corrected chi connectivity index (χ1v) is 9.34. The molecule has 0 radical (unpaired) electrons. The largest absolute Gasteiger partial charge is 0.444 e. The third kappa shape index (κ3) is 5.26. The number of nitrogens with zero attached hydrogens (tertiary/aromatic N) is 3. The number of hydrogen-bond donors (Lipinski definition) is 0. The Morgan fingerprint density at radius 3 is 2.76 bits per heavy atom. The van der Waals surface area contributed by atoms with Crippen molar-refractivity contribution < 1.29 is 14.5 Å². The van der Waals surface area contributed by atoms with E-state index in [-0.39, 0.29) is 16.7 Å². The Balaban J connectivity index is 2.07. The number of carbonyl (C=O) groups is 1. The second kappa shape index (κ2) is 7.95. The minimum absolute atomic E-state index is 0.0886. The van der Waals surface area contributed by atoms with Crippen molar-refractivity contribution in [1.82, 2.24) is 4.90 Å². The van der Waals surface area contributed by atoms with E-state index in [2.05, 4.69) is 4.90 Å². The fraction of sp³-hybridized carbons (Fsp3) is 0.588. The van der Waals surface area contributed by atoms with Gasteiger partial charge in [-0.3, -0.25) is 10.1 Å². The maximum absolute atomic E-state index is 12.2. The average molecular weight is 367 g/mol. The minimum Gasteiger partial charge on any atom is -0.444 e. The molecule has 1 aromatic carbocycles. The number of rotatable bonds is 5. The van der Waals surface area contributed by atoms with Gasteiger partial charge in [0.05, 0.1) is 10.6 Å². The Bertz CT molecular complexity index is 645.